The third-order valence-electron chi connectivity index (χ3n) is 2.31. The van der Waals surface area contributed by atoms with Crippen LogP contribution >= 0.6 is 11.3 Å². The minimum absolute atomic E-state index is 0.0308. The zero-order valence-corrected chi connectivity index (χ0v) is 10.6. The fourth-order valence-electron chi connectivity index (χ4n) is 1.53. The van der Waals surface area contributed by atoms with E-state index in [4.69, 9.17) is 5.11 Å². The summed E-state index contributed by atoms with van der Waals surface area (Å²) in [4.78, 5) is 16.5. The van der Waals surface area contributed by atoms with Gasteiger partial charge in [0.15, 0.2) is 0 Å². The smallest absolute Gasteiger partial charge is 0.267 e. The Morgan fingerprint density at radius 2 is 2.17 bits per heavy atom. The van der Waals surface area contributed by atoms with Crippen molar-refractivity contribution in [2.24, 2.45) is 0 Å². The second-order valence-corrected chi connectivity index (χ2v) is 4.97. The number of aromatic hydroxyl groups is 1. The van der Waals surface area contributed by atoms with Crippen molar-refractivity contribution in [2.45, 2.75) is 13.8 Å². The van der Waals surface area contributed by atoms with E-state index in [0.717, 1.165) is 11.1 Å². The fraction of sp³-hybridized carbons (Fsp3) is 0.167. The maximum Gasteiger partial charge on any atom is 0.267 e. The lowest BCUT2D eigenvalue weighted by atomic mass is 10.2. The number of aromatic nitrogens is 1. The summed E-state index contributed by atoms with van der Waals surface area (Å²) in [5.41, 5.74) is 0.650. The molecular formula is C12H11FN2O2S. The molecule has 0 aliphatic rings. The van der Waals surface area contributed by atoms with Crippen molar-refractivity contribution in [3.8, 4) is 5.75 Å². The highest BCUT2D eigenvalue weighted by molar-refractivity contribution is 7.13. The number of hydrogen-bond acceptors (Lipinski definition) is 4. The quantitative estimate of drug-likeness (QED) is 0.822. The van der Waals surface area contributed by atoms with Gasteiger partial charge in [0.2, 0.25) is 0 Å². The summed E-state index contributed by atoms with van der Waals surface area (Å²) >= 11 is 1.26. The molecule has 2 N–H and O–H groups in total. The largest absolute Gasteiger partial charge is 0.508 e. The molecule has 2 aromatic rings. The monoisotopic (exact) mass is 266 g/mol. The van der Waals surface area contributed by atoms with Crippen molar-refractivity contribution in [1.29, 1.82) is 0 Å². The molecule has 0 spiro atoms. The summed E-state index contributed by atoms with van der Waals surface area (Å²) in [6.45, 7) is 3.53. The molecule has 94 valence electrons. The molecule has 0 atom stereocenters. The molecule has 0 unspecified atom stereocenters. The van der Waals surface area contributed by atoms with Crippen molar-refractivity contribution >= 4 is 22.9 Å². The van der Waals surface area contributed by atoms with Crippen LogP contribution in [0.4, 0.5) is 10.1 Å². The van der Waals surface area contributed by atoms with Gasteiger partial charge in [0.05, 0.1) is 16.4 Å². The number of carbonyl (C=O) groups excluding carboxylic acids is 1. The number of carbonyl (C=O) groups is 1. The van der Waals surface area contributed by atoms with Gasteiger partial charge in [0.1, 0.15) is 16.4 Å². The number of nitrogens with one attached hydrogen (secondary N) is 1. The highest BCUT2D eigenvalue weighted by Gasteiger charge is 2.15. The van der Waals surface area contributed by atoms with Gasteiger partial charge < -0.3 is 10.4 Å². The Kier molecular flexibility index (Phi) is 3.29. The van der Waals surface area contributed by atoms with E-state index in [1.807, 2.05) is 0 Å². The standard InChI is InChI=1S/C12H11FN2O2S/c1-6-11(18-7(2)14-6)12(17)15-10-4-3-8(16)5-9(10)13/h3-5,16H,1-2H3,(H,15,17). The number of benzene rings is 1. The Labute approximate surface area is 107 Å². The second-order valence-electron chi connectivity index (χ2n) is 3.77. The first kappa shape index (κ1) is 12.5. The zero-order chi connectivity index (χ0) is 13.3. The lowest BCUT2D eigenvalue weighted by Crippen LogP contribution is -2.12. The molecule has 0 saturated carbocycles. The number of phenolic OH excluding ortho intramolecular Hbond substituents is 1. The number of rotatable bonds is 2. The van der Waals surface area contributed by atoms with E-state index in [2.05, 4.69) is 10.3 Å². The van der Waals surface area contributed by atoms with Gasteiger partial charge in [-0.3, -0.25) is 4.79 Å². The first-order chi connectivity index (χ1) is 8.47. The lowest BCUT2D eigenvalue weighted by molar-refractivity contribution is 0.102. The molecule has 1 aromatic carbocycles. The average Bonchev–Trinajstić information content (AvgIpc) is 2.62. The van der Waals surface area contributed by atoms with E-state index in [1.54, 1.807) is 13.8 Å². The predicted octanol–water partition coefficient (Wildman–Crippen LogP) is 2.86. The van der Waals surface area contributed by atoms with Crippen LogP contribution in [0, 0.1) is 19.7 Å². The summed E-state index contributed by atoms with van der Waals surface area (Å²) in [6, 6.07) is 3.57. The summed E-state index contributed by atoms with van der Waals surface area (Å²) in [5, 5.41) is 12.3. The van der Waals surface area contributed by atoms with Gasteiger partial charge in [-0.15, -0.1) is 11.3 Å². The maximum absolute atomic E-state index is 13.4. The number of aryl methyl sites for hydroxylation is 2. The Morgan fingerprint density at radius 3 is 2.72 bits per heavy atom. The Bertz CT molecular complexity index is 610. The van der Waals surface area contributed by atoms with E-state index >= 15 is 0 Å². The van der Waals surface area contributed by atoms with Crippen LogP contribution in [0.2, 0.25) is 0 Å². The first-order valence-corrected chi connectivity index (χ1v) is 6.03. The molecule has 4 nitrogen and oxygen atoms in total. The van der Waals surface area contributed by atoms with Gasteiger partial charge in [-0.05, 0) is 26.0 Å². The first-order valence-electron chi connectivity index (χ1n) is 5.21. The third kappa shape index (κ3) is 2.48. The Balaban J connectivity index is 2.24. The van der Waals surface area contributed by atoms with Gasteiger partial charge in [0.25, 0.3) is 5.91 Å². The molecule has 6 heteroatoms. The average molecular weight is 266 g/mol. The number of amides is 1. The van der Waals surface area contributed by atoms with Crippen LogP contribution in [0.15, 0.2) is 18.2 Å². The topological polar surface area (TPSA) is 62.2 Å². The van der Waals surface area contributed by atoms with E-state index < -0.39 is 11.7 Å². The molecule has 1 aromatic heterocycles. The minimum Gasteiger partial charge on any atom is -0.508 e. The molecule has 0 aliphatic heterocycles. The summed E-state index contributed by atoms with van der Waals surface area (Å²) < 4.78 is 13.4. The van der Waals surface area contributed by atoms with Crippen molar-refractivity contribution in [2.75, 3.05) is 5.32 Å². The summed E-state index contributed by atoms with van der Waals surface area (Å²) in [6.07, 6.45) is 0. The number of nitrogens with zero attached hydrogens (tertiary/aromatic N) is 1. The number of halogens is 1. The normalized spacial score (nSPS) is 10.4. The van der Waals surface area contributed by atoms with E-state index in [9.17, 15) is 9.18 Å². The molecule has 0 aliphatic carbocycles. The molecule has 1 heterocycles. The fourth-order valence-corrected chi connectivity index (χ4v) is 2.34. The molecule has 1 amide bonds. The number of thiazole rings is 1. The molecule has 0 saturated heterocycles. The lowest BCUT2D eigenvalue weighted by Gasteiger charge is -2.05. The summed E-state index contributed by atoms with van der Waals surface area (Å²) in [5.74, 6) is -1.26. The van der Waals surface area contributed by atoms with Crippen molar-refractivity contribution < 1.29 is 14.3 Å². The van der Waals surface area contributed by atoms with Crippen LogP contribution in [-0.2, 0) is 0 Å². The molecule has 0 radical (unpaired) electrons. The highest BCUT2D eigenvalue weighted by Crippen LogP contribution is 2.22. The molecule has 0 bridgehead atoms. The van der Waals surface area contributed by atoms with Crippen molar-refractivity contribution in [3.05, 3.63) is 39.6 Å². The van der Waals surface area contributed by atoms with Crippen molar-refractivity contribution in [1.82, 2.24) is 4.98 Å². The van der Waals surface area contributed by atoms with Gasteiger partial charge in [-0.25, -0.2) is 9.37 Å². The predicted molar refractivity (Wildman–Crippen MR) is 67.6 cm³/mol. The van der Waals surface area contributed by atoms with Crippen molar-refractivity contribution in [3.63, 3.8) is 0 Å². The van der Waals surface area contributed by atoms with Crippen LogP contribution in [0.5, 0.6) is 5.75 Å². The zero-order valence-electron chi connectivity index (χ0n) is 9.82. The molecule has 18 heavy (non-hydrogen) atoms. The molecule has 0 fully saturated rings. The molecule has 2 rings (SSSR count). The van der Waals surface area contributed by atoms with E-state index in [0.29, 0.717) is 10.6 Å². The van der Waals surface area contributed by atoms with E-state index in [1.165, 1.54) is 23.5 Å². The summed E-state index contributed by atoms with van der Waals surface area (Å²) in [7, 11) is 0. The number of hydrogen-bond donors (Lipinski definition) is 2. The minimum atomic E-state index is -0.678. The third-order valence-corrected chi connectivity index (χ3v) is 3.38. The van der Waals surface area contributed by atoms with Crippen LogP contribution in [0.1, 0.15) is 20.4 Å². The van der Waals surface area contributed by atoms with Crippen LogP contribution in [0.25, 0.3) is 0 Å². The highest BCUT2D eigenvalue weighted by atomic mass is 32.1. The number of anilines is 1. The number of phenols is 1. The Morgan fingerprint density at radius 1 is 1.44 bits per heavy atom. The van der Waals surface area contributed by atoms with Crippen LogP contribution < -0.4 is 5.32 Å². The van der Waals surface area contributed by atoms with Gasteiger partial charge in [0, 0.05) is 6.07 Å². The van der Waals surface area contributed by atoms with Gasteiger partial charge >= 0.3 is 0 Å². The maximum atomic E-state index is 13.4. The van der Waals surface area contributed by atoms with E-state index in [-0.39, 0.29) is 11.4 Å². The second kappa shape index (κ2) is 4.73. The van der Waals surface area contributed by atoms with Crippen LogP contribution in [0.3, 0.4) is 0 Å². The van der Waals surface area contributed by atoms with Gasteiger partial charge in [-0.1, -0.05) is 0 Å². The SMILES string of the molecule is Cc1nc(C)c(C(=O)Nc2ccc(O)cc2F)s1. The van der Waals surface area contributed by atoms with Gasteiger partial charge in [-0.2, -0.15) is 0 Å². The van der Waals surface area contributed by atoms with Crippen LogP contribution in [-0.4, -0.2) is 16.0 Å². The Hall–Kier alpha value is -1.95. The molecular weight excluding hydrogens is 255 g/mol.